The van der Waals surface area contributed by atoms with Crippen LogP contribution in [0.4, 0.5) is 0 Å². The SMILES string of the molecule is Cc1csc(-c2nc(C=O)cn2C(c2ccccc2)(c2ccccc2)c2ccccc2)c1C. The molecular formula is C29H24N2OS. The normalized spacial score (nSPS) is 11.5. The molecule has 0 radical (unpaired) electrons. The minimum absolute atomic E-state index is 0.419. The maximum Gasteiger partial charge on any atom is 0.170 e. The first-order chi connectivity index (χ1) is 16.2. The molecule has 0 atom stereocenters. The Labute approximate surface area is 198 Å². The van der Waals surface area contributed by atoms with Gasteiger partial charge in [0.2, 0.25) is 0 Å². The lowest BCUT2D eigenvalue weighted by molar-refractivity contribution is 0.111. The predicted molar refractivity (Wildman–Crippen MR) is 135 cm³/mol. The Hall–Kier alpha value is -3.76. The molecule has 3 aromatic carbocycles. The fourth-order valence-corrected chi connectivity index (χ4v) is 5.61. The summed E-state index contributed by atoms with van der Waals surface area (Å²) in [5.41, 5.74) is 5.42. The van der Waals surface area contributed by atoms with Crippen molar-refractivity contribution < 1.29 is 4.79 Å². The second-order valence-corrected chi connectivity index (χ2v) is 9.04. The summed E-state index contributed by atoms with van der Waals surface area (Å²) in [5.74, 6) is 0.796. The number of benzene rings is 3. The average molecular weight is 449 g/mol. The third-order valence-electron chi connectivity index (χ3n) is 6.27. The summed E-state index contributed by atoms with van der Waals surface area (Å²) < 4.78 is 2.19. The summed E-state index contributed by atoms with van der Waals surface area (Å²) in [6, 6.07) is 31.4. The van der Waals surface area contributed by atoms with E-state index < -0.39 is 5.54 Å². The van der Waals surface area contributed by atoms with Crippen LogP contribution in [0.25, 0.3) is 10.7 Å². The van der Waals surface area contributed by atoms with Crippen molar-refractivity contribution >= 4 is 17.6 Å². The zero-order valence-electron chi connectivity index (χ0n) is 18.6. The molecule has 162 valence electrons. The highest BCUT2D eigenvalue weighted by molar-refractivity contribution is 7.13. The molecule has 0 fully saturated rings. The van der Waals surface area contributed by atoms with Gasteiger partial charge in [-0.05, 0) is 47.0 Å². The van der Waals surface area contributed by atoms with Gasteiger partial charge in [0.25, 0.3) is 0 Å². The van der Waals surface area contributed by atoms with Gasteiger partial charge in [-0.2, -0.15) is 0 Å². The average Bonchev–Trinajstić information content (AvgIpc) is 3.45. The summed E-state index contributed by atoms with van der Waals surface area (Å²) in [5, 5.41) is 2.15. The number of hydrogen-bond donors (Lipinski definition) is 0. The number of rotatable bonds is 6. The van der Waals surface area contributed by atoms with Crippen molar-refractivity contribution in [3.8, 4) is 10.7 Å². The molecule has 0 aliphatic heterocycles. The number of nitrogens with zero attached hydrogens (tertiary/aromatic N) is 2. The molecule has 33 heavy (non-hydrogen) atoms. The highest BCUT2D eigenvalue weighted by Gasteiger charge is 2.40. The molecule has 2 aromatic heterocycles. The molecule has 0 aliphatic carbocycles. The molecule has 5 aromatic rings. The van der Waals surface area contributed by atoms with E-state index in [-0.39, 0.29) is 0 Å². The maximum atomic E-state index is 12.0. The van der Waals surface area contributed by atoms with Crippen LogP contribution < -0.4 is 0 Å². The molecule has 0 aliphatic rings. The molecule has 3 nitrogen and oxygen atoms in total. The van der Waals surface area contributed by atoms with Crippen LogP contribution in [0.3, 0.4) is 0 Å². The van der Waals surface area contributed by atoms with Crippen LogP contribution in [0.1, 0.15) is 38.3 Å². The zero-order valence-corrected chi connectivity index (χ0v) is 19.4. The molecule has 5 rings (SSSR count). The standard InChI is InChI=1S/C29H24N2OS/c1-21-20-33-27(22(21)2)28-30-26(19-32)18-31(28)29(23-12-6-3-7-13-23,24-14-8-4-9-15-24)25-16-10-5-11-17-25/h3-20H,1-2H3. The molecule has 0 amide bonds. The number of thiophene rings is 1. The Bertz CT molecular complexity index is 1290. The minimum Gasteiger partial charge on any atom is -0.311 e. The van der Waals surface area contributed by atoms with Gasteiger partial charge < -0.3 is 4.57 Å². The van der Waals surface area contributed by atoms with Gasteiger partial charge in [0, 0.05) is 6.20 Å². The van der Waals surface area contributed by atoms with Crippen LogP contribution in [0.15, 0.2) is 103 Å². The van der Waals surface area contributed by atoms with E-state index in [1.807, 2.05) is 24.4 Å². The summed E-state index contributed by atoms with van der Waals surface area (Å²) in [4.78, 5) is 17.9. The summed E-state index contributed by atoms with van der Waals surface area (Å²) in [6.07, 6.45) is 2.73. The van der Waals surface area contributed by atoms with E-state index in [1.165, 1.54) is 11.1 Å². The second-order valence-electron chi connectivity index (χ2n) is 8.16. The Morgan fingerprint density at radius 2 is 1.27 bits per heavy atom. The lowest BCUT2D eigenvalue weighted by Gasteiger charge is -2.38. The topological polar surface area (TPSA) is 34.9 Å². The first-order valence-electron chi connectivity index (χ1n) is 10.9. The Morgan fingerprint density at radius 1 is 0.788 bits per heavy atom. The number of imidazole rings is 1. The van der Waals surface area contributed by atoms with Crippen LogP contribution >= 0.6 is 11.3 Å². The van der Waals surface area contributed by atoms with E-state index in [1.54, 1.807) is 11.3 Å². The van der Waals surface area contributed by atoms with E-state index in [2.05, 4.69) is 96.6 Å². The fraction of sp³-hybridized carbons (Fsp3) is 0.103. The molecule has 0 unspecified atom stereocenters. The number of carbonyl (C=O) groups is 1. The second kappa shape index (κ2) is 8.64. The van der Waals surface area contributed by atoms with E-state index >= 15 is 0 Å². The van der Waals surface area contributed by atoms with Gasteiger partial charge in [0.15, 0.2) is 12.1 Å². The summed E-state index contributed by atoms with van der Waals surface area (Å²) in [6.45, 7) is 4.23. The third kappa shape index (κ3) is 3.43. The quantitative estimate of drug-likeness (QED) is 0.210. The monoisotopic (exact) mass is 448 g/mol. The van der Waals surface area contributed by atoms with Crippen LogP contribution in [0.2, 0.25) is 0 Å². The largest absolute Gasteiger partial charge is 0.311 e. The molecule has 4 heteroatoms. The Balaban J connectivity index is 1.96. The molecule has 0 bridgehead atoms. The molecule has 0 saturated carbocycles. The molecular weight excluding hydrogens is 424 g/mol. The number of carbonyl (C=O) groups excluding carboxylic acids is 1. The van der Waals surface area contributed by atoms with Crippen molar-refractivity contribution in [2.24, 2.45) is 0 Å². The van der Waals surface area contributed by atoms with Gasteiger partial charge in [-0.15, -0.1) is 11.3 Å². The van der Waals surface area contributed by atoms with Crippen molar-refractivity contribution in [1.29, 1.82) is 0 Å². The number of aldehydes is 1. The number of aryl methyl sites for hydroxylation is 1. The predicted octanol–water partition coefficient (Wildman–Crippen LogP) is 6.88. The van der Waals surface area contributed by atoms with Crippen LogP contribution in [-0.4, -0.2) is 15.8 Å². The van der Waals surface area contributed by atoms with Crippen molar-refractivity contribution in [2.45, 2.75) is 19.4 Å². The first kappa shape index (κ1) is 21.1. The van der Waals surface area contributed by atoms with Crippen LogP contribution in [0, 0.1) is 13.8 Å². The lowest BCUT2D eigenvalue weighted by atomic mass is 9.76. The van der Waals surface area contributed by atoms with Crippen molar-refractivity contribution in [3.05, 3.63) is 136 Å². The number of aromatic nitrogens is 2. The zero-order chi connectivity index (χ0) is 22.8. The fourth-order valence-electron chi connectivity index (χ4n) is 4.55. The van der Waals surface area contributed by atoms with Gasteiger partial charge in [-0.3, -0.25) is 4.79 Å². The van der Waals surface area contributed by atoms with Crippen molar-refractivity contribution in [1.82, 2.24) is 9.55 Å². The van der Waals surface area contributed by atoms with Crippen molar-refractivity contribution in [3.63, 3.8) is 0 Å². The van der Waals surface area contributed by atoms with Crippen LogP contribution in [0.5, 0.6) is 0 Å². The Kier molecular flexibility index (Phi) is 5.53. The van der Waals surface area contributed by atoms with Crippen LogP contribution in [-0.2, 0) is 5.54 Å². The van der Waals surface area contributed by atoms with Gasteiger partial charge >= 0.3 is 0 Å². The van der Waals surface area contributed by atoms with E-state index in [9.17, 15) is 4.79 Å². The molecule has 0 spiro atoms. The first-order valence-corrected chi connectivity index (χ1v) is 11.8. The van der Waals surface area contributed by atoms with Gasteiger partial charge in [-0.1, -0.05) is 91.0 Å². The summed E-state index contributed by atoms with van der Waals surface area (Å²) >= 11 is 1.67. The Morgan fingerprint density at radius 3 is 1.67 bits per heavy atom. The van der Waals surface area contributed by atoms with E-state index in [0.29, 0.717) is 5.69 Å². The van der Waals surface area contributed by atoms with E-state index in [0.717, 1.165) is 33.7 Å². The van der Waals surface area contributed by atoms with Gasteiger partial charge in [0.1, 0.15) is 11.2 Å². The van der Waals surface area contributed by atoms with Crippen molar-refractivity contribution in [2.75, 3.05) is 0 Å². The minimum atomic E-state index is -0.711. The molecule has 0 N–H and O–H groups in total. The van der Waals surface area contributed by atoms with Gasteiger partial charge in [-0.25, -0.2) is 4.98 Å². The highest BCUT2D eigenvalue weighted by atomic mass is 32.1. The third-order valence-corrected chi connectivity index (χ3v) is 7.47. The number of hydrogen-bond acceptors (Lipinski definition) is 3. The molecule has 0 saturated heterocycles. The maximum absolute atomic E-state index is 12.0. The van der Waals surface area contributed by atoms with Gasteiger partial charge in [0.05, 0.1) is 4.88 Å². The smallest absolute Gasteiger partial charge is 0.170 e. The summed E-state index contributed by atoms with van der Waals surface area (Å²) in [7, 11) is 0. The molecule has 2 heterocycles. The highest BCUT2D eigenvalue weighted by Crippen LogP contribution is 2.44. The lowest BCUT2D eigenvalue weighted by Crippen LogP contribution is -2.37. The van der Waals surface area contributed by atoms with E-state index in [4.69, 9.17) is 4.98 Å².